The number of amides is 1. The van der Waals surface area contributed by atoms with E-state index >= 15 is 0 Å². The van der Waals surface area contributed by atoms with Crippen molar-refractivity contribution in [2.75, 3.05) is 25.7 Å². The van der Waals surface area contributed by atoms with Crippen molar-refractivity contribution in [3.63, 3.8) is 0 Å². The molecule has 33 heavy (non-hydrogen) atoms. The lowest BCUT2D eigenvalue weighted by molar-refractivity contribution is -0.138. The Kier molecular flexibility index (Phi) is 7.40. The fourth-order valence-corrected chi connectivity index (χ4v) is 6.57. The molecule has 174 valence electrons. The first-order valence-corrected chi connectivity index (χ1v) is 12.0. The van der Waals surface area contributed by atoms with Gasteiger partial charge in [-0.2, -0.15) is 0 Å². The molecule has 0 bridgehead atoms. The number of hydrogen-bond acceptors (Lipinski definition) is 9. The standard InChI is InChI=1S/C23H23NO6S3/c1-7-15(25)24-14-10-9-12(30-8-2)11-13(14)16(19(31)23(24,3)4)22-32-17(20(26)28-5)18(33-22)21(27)29-6/h7,9-11H,1,8H2,2-6H3. The number of nitrogens with zero attached hydrogens (tertiary/aromatic N) is 1. The largest absolute Gasteiger partial charge is 0.494 e. The van der Waals surface area contributed by atoms with Crippen LogP contribution in [0.5, 0.6) is 5.75 Å². The number of thiocarbonyl (C=S) groups is 1. The van der Waals surface area contributed by atoms with Crippen molar-refractivity contribution in [3.8, 4) is 5.75 Å². The molecule has 0 aromatic heterocycles. The van der Waals surface area contributed by atoms with Crippen LogP contribution < -0.4 is 9.64 Å². The van der Waals surface area contributed by atoms with Gasteiger partial charge in [0.25, 0.3) is 5.91 Å². The number of carbonyl (C=O) groups is 3. The topological polar surface area (TPSA) is 82.1 Å². The van der Waals surface area contributed by atoms with Gasteiger partial charge in [0.15, 0.2) is 0 Å². The van der Waals surface area contributed by atoms with Gasteiger partial charge < -0.3 is 14.2 Å². The number of ether oxygens (including phenoxy) is 3. The summed E-state index contributed by atoms with van der Waals surface area (Å²) < 4.78 is 16.0. The summed E-state index contributed by atoms with van der Waals surface area (Å²) in [4.78, 5) is 40.0. The molecule has 2 aliphatic rings. The van der Waals surface area contributed by atoms with E-state index in [-0.39, 0.29) is 15.7 Å². The minimum Gasteiger partial charge on any atom is -0.494 e. The molecule has 0 atom stereocenters. The van der Waals surface area contributed by atoms with Gasteiger partial charge in [-0.25, -0.2) is 9.59 Å². The van der Waals surface area contributed by atoms with Gasteiger partial charge in [-0.3, -0.25) is 9.69 Å². The molecule has 0 aliphatic carbocycles. The summed E-state index contributed by atoms with van der Waals surface area (Å²) >= 11 is 8.09. The Morgan fingerprint density at radius 2 is 1.70 bits per heavy atom. The van der Waals surface area contributed by atoms with Gasteiger partial charge in [-0.1, -0.05) is 42.3 Å². The fraction of sp³-hybridized carbons (Fsp3) is 0.304. The molecule has 0 unspecified atom stereocenters. The van der Waals surface area contributed by atoms with Crippen molar-refractivity contribution in [1.82, 2.24) is 0 Å². The van der Waals surface area contributed by atoms with Crippen molar-refractivity contribution in [3.05, 3.63) is 50.5 Å². The van der Waals surface area contributed by atoms with E-state index in [1.54, 1.807) is 23.1 Å². The Bertz CT molecular complexity index is 1110. The third kappa shape index (κ3) is 4.34. The zero-order valence-electron chi connectivity index (χ0n) is 18.8. The Labute approximate surface area is 206 Å². The first-order valence-electron chi connectivity index (χ1n) is 9.91. The first-order chi connectivity index (χ1) is 15.6. The molecule has 2 aliphatic heterocycles. The summed E-state index contributed by atoms with van der Waals surface area (Å²) in [7, 11) is 2.49. The van der Waals surface area contributed by atoms with Crippen LogP contribution in [-0.4, -0.2) is 49.1 Å². The van der Waals surface area contributed by atoms with Gasteiger partial charge >= 0.3 is 11.9 Å². The Hall–Kier alpha value is -2.56. The predicted octanol–water partition coefficient (Wildman–Crippen LogP) is 4.47. The van der Waals surface area contributed by atoms with Crippen molar-refractivity contribution in [2.24, 2.45) is 0 Å². The predicted molar refractivity (Wildman–Crippen MR) is 135 cm³/mol. The quantitative estimate of drug-likeness (QED) is 0.327. The second-order valence-corrected chi connectivity index (χ2v) is 10.1. The van der Waals surface area contributed by atoms with E-state index in [0.717, 1.165) is 23.5 Å². The molecule has 7 nitrogen and oxygen atoms in total. The average molecular weight is 506 g/mol. The van der Waals surface area contributed by atoms with Crippen LogP contribution in [0, 0.1) is 0 Å². The monoisotopic (exact) mass is 505 g/mol. The normalized spacial score (nSPS) is 17.0. The highest BCUT2D eigenvalue weighted by Crippen LogP contribution is 2.56. The molecule has 10 heteroatoms. The van der Waals surface area contributed by atoms with Crippen LogP contribution in [-0.2, 0) is 23.9 Å². The van der Waals surface area contributed by atoms with E-state index in [4.69, 9.17) is 26.4 Å². The Balaban J connectivity index is 2.29. The maximum Gasteiger partial charge on any atom is 0.346 e. The third-order valence-corrected chi connectivity index (χ3v) is 8.33. The molecule has 1 amide bonds. The van der Waals surface area contributed by atoms with Crippen molar-refractivity contribution < 1.29 is 28.6 Å². The van der Waals surface area contributed by atoms with Crippen molar-refractivity contribution in [2.45, 2.75) is 26.3 Å². The molecule has 0 saturated carbocycles. The fourth-order valence-electron chi connectivity index (χ4n) is 3.54. The lowest BCUT2D eigenvalue weighted by Crippen LogP contribution is -2.55. The molecular formula is C23H23NO6S3. The summed E-state index contributed by atoms with van der Waals surface area (Å²) in [6.45, 7) is 9.65. The summed E-state index contributed by atoms with van der Waals surface area (Å²) in [5.74, 6) is -0.982. The lowest BCUT2D eigenvalue weighted by atomic mass is 9.83. The molecule has 0 saturated heterocycles. The maximum atomic E-state index is 12.8. The molecule has 3 rings (SSSR count). The van der Waals surface area contributed by atoms with Crippen LogP contribution in [0.15, 0.2) is 44.9 Å². The number of carbonyl (C=O) groups excluding carboxylic acids is 3. The van der Waals surface area contributed by atoms with Gasteiger partial charge in [0, 0.05) is 11.1 Å². The molecule has 0 spiro atoms. The van der Waals surface area contributed by atoms with E-state index < -0.39 is 17.5 Å². The van der Waals surface area contributed by atoms with E-state index in [1.165, 1.54) is 20.3 Å². The zero-order chi connectivity index (χ0) is 24.5. The number of esters is 2. The number of anilines is 1. The SMILES string of the molecule is C=CC(=O)N1c2ccc(OCC)cc2C(=C2SC(C(=O)OC)=C(C(=O)OC)S2)C(=S)C1(C)C. The first kappa shape index (κ1) is 25.1. The van der Waals surface area contributed by atoms with Gasteiger partial charge in [0.05, 0.1) is 41.2 Å². The number of hydrogen-bond donors (Lipinski definition) is 0. The number of benzene rings is 1. The van der Waals surface area contributed by atoms with Crippen LogP contribution >= 0.6 is 35.7 Å². The summed E-state index contributed by atoms with van der Waals surface area (Å²) in [5, 5.41) is 0. The van der Waals surface area contributed by atoms with Crippen LogP contribution in [0.1, 0.15) is 26.3 Å². The van der Waals surface area contributed by atoms with Gasteiger partial charge in [-0.15, -0.1) is 0 Å². The summed E-state index contributed by atoms with van der Waals surface area (Å²) in [6, 6.07) is 5.39. The van der Waals surface area contributed by atoms with E-state index in [0.29, 0.717) is 38.3 Å². The van der Waals surface area contributed by atoms with Crippen molar-refractivity contribution >= 4 is 69.7 Å². The van der Waals surface area contributed by atoms with Crippen molar-refractivity contribution in [1.29, 1.82) is 0 Å². The molecule has 0 N–H and O–H groups in total. The number of methoxy groups -OCH3 is 2. The van der Waals surface area contributed by atoms with Gasteiger partial charge in [-0.05, 0) is 45.0 Å². The molecule has 2 heterocycles. The zero-order valence-corrected chi connectivity index (χ0v) is 21.3. The highest BCUT2D eigenvalue weighted by Gasteiger charge is 2.45. The van der Waals surface area contributed by atoms with Crippen LogP contribution in [0.4, 0.5) is 5.69 Å². The highest BCUT2D eigenvalue weighted by molar-refractivity contribution is 8.29. The summed E-state index contributed by atoms with van der Waals surface area (Å²) in [5.41, 5.74) is 1.04. The Morgan fingerprint density at radius 1 is 1.12 bits per heavy atom. The molecule has 0 fully saturated rings. The molecule has 1 aromatic carbocycles. The lowest BCUT2D eigenvalue weighted by Gasteiger charge is -2.44. The Morgan fingerprint density at radius 3 is 2.18 bits per heavy atom. The average Bonchev–Trinajstić information content (AvgIpc) is 3.23. The second-order valence-electron chi connectivity index (χ2n) is 7.39. The number of thioether (sulfide) groups is 2. The van der Waals surface area contributed by atoms with Crippen LogP contribution in [0.3, 0.4) is 0 Å². The smallest absolute Gasteiger partial charge is 0.346 e. The second kappa shape index (κ2) is 9.74. The number of rotatable bonds is 5. The minimum atomic E-state index is -0.885. The van der Waals surface area contributed by atoms with E-state index in [9.17, 15) is 14.4 Å². The molecular weight excluding hydrogens is 482 g/mol. The summed E-state index contributed by atoms with van der Waals surface area (Å²) in [6.07, 6.45) is 1.24. The van der Waals surface area contributed by atoms with Crippen LogP contribution in [0.2, 0.25) is 0 Å². The minimum absolute atomic E-state index is 0.129. The maximum absolute atomic E-state index is 12.8. The van der Waals surface area contributed by atoms with Gasteiger partial charge in [0.1, 0.15) is 15.6 Å². The molecule has 1 aromatic rings. The third-order valence-electron chi connectivity index (χ3n) is 5.07. The molecule has 0 radical (unpaired) electrons. The van der Waals surface area contributed by atoms with E-state index in [1.807, 2.05) is 20.8 Å². The number of fused-ring (bicyclic) bond motifs is 1. The van der Waals surface area contributed by atoms with Crippen LogP contribution in [0.25, 0.3) is 5.57 Å². The van der Waals surface area contributed by atoms with E-state index in [2.05, 4.69) is 6.58 Å². The van der Waals surface area contributed by atoms with Gasteiger partial charge in [0.2, 0.25) is 0 Å². The highest BCUT2D eigenvalue weighted by atomic mass is 32.2.